The van der Waals surface area contributed by atoms with Gasteiger partial charge in [0.1, 0.15) is 12.2 Å². The van der Waals surface area contributed by atoms with Crippen LogP contribution in [0.1, 0.15) is 271 Å². The molecule has 0 bridgehead atoms. The number of hydrogen-bond acceptors (Lipinski definition) is 5. The Hall–Kier alpha value is -0.950. The number of hydrogen-bond donors (Lipinski definition) is 5. The first kappa shape index (κ1) is 55.0. The van der Waals surface area contributed by atoms with E-state index in [2.05, 4.69) is 31.3 Å². The minimum absolute atomic E-state index is 0.365. The zero-order valence-electron chi connectivity index (χ0n) is 37.7. The number of allylic oxidation sites excluding steroid dienone is 2. The second kappa shape index (κ2) is 45.1. The van der Waals surface area contributed by atoms with Crippen molar-refractivity contribution in [2.24, 2.45) is 0 Å². The maximum atomic E-state index is 12.5. The Labute approximate surface area is 349 Å². The molecule has 4 unspecified atom stereocenters. The molecule has 0 aliphatic heterocycles. The Kier molecular flexibility index (Phi) is 44.4. The quantitative estimate of drug-likeness (QED) is 0.0311. The fourth-order valence-corrected chi connectivity index (χ4v) is 7.99. The molecule has 0 fully saturated rings. The summed E-state index contributed by atoms with van der Waals surface area (Å²) < 4.78 is 0. The van der Waals surface area contributed by atoms with Crippen LogP contribution in [-0.2, 0) is 4.79 Å². The number of carbonyl (C=O) groups is 1. The summed E-state index contributed by atoms with van der Waals surface area (Å²) in [6, 6.07) is -0.985. The second-order valence-corrected chi connectivity index (χ2v) is 17.5. The summed E-state index contributed by atoms with van der Waals surface area (Å²) in [6.45, 7) is 4.08. The first-order valence-electron chi connectivity index (χ1n) is 25.1. The summed E-state index contributed by atoms with van der Waals surface area (Å²) in [5, 5.41) is 43.9. The van der Waals surface area contributed by atoms with Gasteiger partial charge in [0.25, 0.3) is 0 Å². The molecule has 0 aromatic heterocycles. The predicted molar refractivity (Wildman–Crippen MR) is 242 cm³/mol. The average molecular weight is 794 g/mol. The van der Waals surface area contributed by atoms with E-state index in [-0.39, 0.29) is 0 Å². The molecule has 56 heavy (non-hydrogen) atoms. The van der Waals surface area contributed by atoms with Gasteiger partial charge in [-0.05, 0) is 38.5 Å². The van der Waals surface area contributed by atoms with E-state index in [1.807, 2.05) is 0 Å². The Bertz CT molecular complexity index is 806. The highest BCUT2D eigenvalue weighted by Crippen LogP contribution is 2.17. The van der Waals surface area contributed by atoms with Crippen molar-refractivity contribution in [1.29, 1.82) is 0 Å². The van der Waals surface area contributed by atoms with Gasteiger partial charge in [-0.15, -0.1) is 0 Å². The highest BCUT2D eigenvalue weighted by atomic mass is 16.3. The number of aliphatic hydroxyl groups excluding tert-OH is 4. The van der Waals surface area contributed by atoms with Crippen molar-refractivity contribution in [3.63, 3.8) is 0 Å². The smallest absolute Gasteiger partial charge is 0.249 e. The Morgan fingerprint density at radius 1 is 0.429 bits per heavy atom. The first-order chi connectivity index (χ1) is 27.5. The van der Waals surface area contributed by atoms with Crippen molar-refractivity contribution in [2.45, 2.75) is 295 Å². The van der Waals surface area contributed by atoms with Gasteiger partial charge < -0.3 is 25.7 Å². The van der Waals surface area contributed by atoms with Gasteiger partial charge in [-0.2, -0.15) is 0 Å². The van der Waals surface area contributed by atoms with E-state index in [4.69, 9.17) is 0 Å². The molecule has 0 aromatic rings. The summed E-state index contributed by atoms with van der Waals surface area (Å²) in [5.74, 6) is -0.584. The van der Waals surface area contributed by atoms with Gasteiger partial charge in [-0.1, -0.05) is 244 Å². The molecular weight excluding hydrogens is 695 g/mol. The van der Waals surface area contributed by atoms with Gasteiger partial charge in [0, 0.05) is 0 Å². The lowest BCUT2D eigenvalue weighted by Gasteiger charge is -2.27. The molecule has 0 saturated heterocycles. The zero-order valence-corrected chi connectivity index (χ0v) is 37.7. The van der Waals surface area contributed by atoms with Crippen molar-refractivity contribution in [1.82, 2.24) is 5.32 Å². The van der Waals surface area contributed by atoms with Gasteiger partial charge in [0.2, 0.25) is 5.91 Å². The van der Waals surface area contributed by atoms with Gasteiger partial charge >= 0.3 is 0 Å². The van der Waals surface area contributed by atoms with Crippen LogP contribution in [0, 0.1) is 0 Å². The van der Waals surface area contributed by atoms with E-state index in [0.717, 1.165) is 44.9 Å². The Morgan fingerprint density at radius 2 is 0.714 bits per heavy atom. The third kappa shape index (κ3) is 38.6. The summed E-state index contributed by atoms with van der Waals surface area (Å²) in [4.78, 5) is 12.5. The van der Waals surface area contributed by atoms with E-state index in [1.165, 1.54) is 199 Å². The molecule has 0 spiro atoms. The molecule has 0 saturated carbocycles. The van der Waals surface area contributed by atoms with E-state index in [0.29, 0.717) is 12.8 Å². The second-order valence-electron chi connectivity index (χ2n) is 17.5. The summed E-state index contributed by atoms with van der Waals surface area (Å²) in [5.41, 5.74) is 0. The van der Waals surface area contributed by atoms with E-state index in [1.54, 1.807) is 0 Å². The van der Waals surface area contributed by atoms with Crippen LogP contribution in [0.4, 0.5) is 0 Å². The molecule has 0 rings (SSSR count). The average Bonchev–Trinajstić information content (AvgIpc) is 3.20. The van der Waals surface area contributed by atoms with E-state index in [9.17, 15) is 25.2 Å². The SMILES string of the molecule is CCCCCCCCCCCCC/C=C\CCCCCCCCC(O)C(=O)NC(CO)C(O)C(O)CCCCCCCCCCCCCCCCCCCCC. The third-order valence-electron chi connectivity index (χ3n) is 12.0. The van der Waals surface area contributed by atoms with Crippen molar-refractivity contribution in [3.05, 3.63) is 12.2 Å². The normalized spacial score (nSPS) is 14.0. The minimum Gasteiger partial charge on any atom is -0.394 e. The molecule has 0 aromatic carbocycles. The monoisotopic (exact) mass is 794 g/mol. The van der Waals surface area contributed by atoms with Crippen molar-refractivity contribution in [2.75, 3.05) is 6.61 Å². The summed E-state index contributed by atoms with van der Waals surface area (Å²) >= 11 is 0. The molecule has 4 atom stereocenters. The van der Waals surface area contributed by atoms with Crippen molar-refractivity contribution >= 4 is 5.91 Å². The fraction of sp³-hybridized carbons (Fsp3) is 0.940. The number of aliphatic hydroxyl groups is 4. The largest absolute Gasteiger partial charge is 0.394 e. The maximum absolute atomic E-state index is 12.5. The number of carbonyl (C=O) groups excluding carboxylic acids is 1. The minimum atomic E-state index is -1.26. The van der Waals surface area contributed by atoms with Crippen LogP contribution in [0.2, 0.25) is 0 Å². The molecule has 6 nitrogen and oxygen atoms in total. The molecule has 0 radical (unpaired) electrons. The molecule has 1 amide bonds. The summed E-state index contributed by atoms with van der Waals surface area (Å²) in [6.07, 6.45) is 51.1. The fourth-order valence-electron chi connectivity index (χ4n) is 7.99. The van der Waals surface area contributed by atoms with Crippen molar-refractivity contribution < 1.29 is 25.2 Å². The van der Waals surface area contributed by atoms with Crippen LogP contribution >= 0.6 is 0 Å². The Morgan fingerprint density at radius 3 is 1.04 bits per heavy atom. The highest BCUT2D eigenvalue weighted by Gasteiger charge is 2.28. The molecule has 0 aliphatic rings. The lowest BCUT2D eigenvalue weighted by atomic mass is 9.99. The maximum Gasteiger partial charge on any atom is 0.249 e. The van der Waals surface area contributed by atoms with Crippen LogP contribution in [0.15, 0.2) is 12.2 Å². The topological polar surface area (TPSA) is 110 Å². The molecule has 0 heterocycles. The zero-order chi connectivity index (χ0) is 41.0. The van der Waals surface area contributed by atoms with E-state index >= 15 is 0 Å². The molecule has 334 valence electrons. The highest BCUT2D eigenvalue weighted by molar-refractivity contribution is 5.80. The molecule has 5 N–H and O–H groups in total. The number of unbranched alkanes of at least 4 members (excludes halogenated alkanes) is 35. The number of rotatable bonds is 46. The molecule has 0 aliphatic carbocycles. The van der Waals surface area contributed by atoms with Crippen molar-refractivity contribution in [3.8, 4) is 0 Å². The molecule has 6 heteroatoms. The molecular formula is C50H99NO5. The third-order valence-corrected chi connectivity index (χ3v) is 12.0. The van der Waals surface area contributed by atoms with Crippen LogP contribution in [0.25, 0.3) is 0 Å². The standard InChI is InChI=1S/C50H99NO5/c1-3-5-7-9-11-13-15-17-19-21-23-24-26-28-30-32-34-36-38-40-42-44-48(54)50(56)51-46(45-52)49(55)47(53)43-41-39-37-35-33-31-29-27-25-22-20-18-16-14-12-10-8-6-4-2/h26,28,46-49,52-55H,3-25,27,29-45H2,1-2H3,(H,51,56)/b28-26-. The van der Waals surface area contributed by atoms with E-state index < -0.39 is 36.9 Å². The predicted octanol–water partition coefficient (Wildman–Crippen LogP) is 13.7. The Balaban J connectivity index is 3.67. The van der Waals surface area contributed by atoms with Crippen LogP contribution in [0.5, 0.6) is 0 Å². The number of nitrogens with one attached hydrogen (secondary N) is 1. The van der Waals surface area contributed by atoms with Crippen LogP contribution in [-0.4, -0.2) is 57.3 Å². The first-order valence-corrected chi connectivity index (χ1v) is 25.1. The van der Waals surface area contributed by atoms with Gasteiger partial charge in [0.05, 0.1) is 18.8 Å². The van der Waals surface area contributed by atoms with Crippen LogP contribution < -0.4 is 5.32 Å². The number of amides is 1. The lowest BCUT2D eigenvalue weighted by molar-refractivity contribution is -0.132. The van der Waals surface area contributed by atoms with Gasteiger partial charge in [-0.3, -0.25) is 4.79 Å². The lowest BCUT2D eigenvalue weighted by Crippen LogP contribution is -2.53. The summed E-state index contributed by atoms with van der Waals surface area (Å²) in [7, 11) is 0. The van der Waals surface area contributed by atoms with Gasteiger partial charge in [-0.25, -0.2) is 0 Å². The van der Waals surface area contributed by atoms with Crippen LogP contribution in [0.3, 0.4) is 0 Å². The van der Waals surface area contributed by atoms with Gasteiger partial charge in [0.15, 0.2) is 0 Å².